The summed E-state index contributed by atoms with van der Waals surface area (Å²) in [5.41, 5.74) is 1.94. The minimum Gasteiger partial charge on any atom is -0.355 e. The summed E-state index contributed by atoms with van der Waals surface area (Å²) in [6.07, 6.45) is 1.61. The summed E-state index contributed by atoms with van der Waals surface area (Å²) in [6.45, 7) is 7.09. The predicted molar refractivity (Wildman–Crippen MR) is 59.1 cm³/mol. The molecule has 1 aromatic rings. The molecule has 0 aliphatic heterocycles. The lowest BCUT2D eigenvalue weighted by Gasteiger charge is -2.06. The van der Waals surface area contributed by atoms with Crippen LogP contribution in [0.3, 0.4) is 0 Å². The van der Waals surface area contributed by atoms with Crippen LogP contribution in [0.1, 0.15) is 15.9 Å². The van der Waals surface area contributed by atoms with E-state index < -0.39 is 0 Å². The third-order valence-electron chi connectivity index (χ3n) is 1.93. The summed E-state index contributed by atoms with van der Waals surface area (Å²) < 4.78 is 0. The first-order valence-electron chi connectivity index (χ1n) is 4.18. The van der Waals surface area contributed by atoms with Crippen LogP contribution in [0.25, 0.3) is 6.08 Å². The number of hydrogen-bond donors (Lipinski definition) is 1. The van der Waals surface area contributed by atoms with Crippen LogP contribution in [0.2, 0.25) is 0 Å². The molecule has 0 atom stereocenters. The fraction of sp³-hybridized carbons (Fsp3) is 0.0909. The van der Waals surface area contributed by atoms with Gasteiger partial charge < -0.3 is 5.32 Å². The molecule has 72 valence electrons. The molecule has 14 heavy (non-hydrogen) atoms. The number of carbonyl (C=O) groups is 1. The average molecular weight is 188 g/mol. The molecular formula is C11H12N2O. The van der Waals surface area contributed by atoms with Crippen molar-refractivity contribution in [2.75, 3.05) is 7.05 Å². The number of rotatable bonds is 3. The number of aliphatic imine (C=N–C) groups is 1. The van der Waals surface area contributed by atoms with Crippen LogP contribution < -0.4 is 5.32 Å². The Labute approximate surface area is 83.2 Å². The molecule has 1 aromatic carbocycles. The van der Waals surface area contributed by atoms with Gasteiger partial charge in [-0.05, 0) is 18.9 Å². The number of benzene rings is 1. The Morgan fingerprint density at radius 2 is 2.29 bits per heavy atom. The first-order chi connectivity index (χ1) is 6.74. The first kappa shape index (κ1) is 10.2. The van der Waals surface area contributed by atoms with Crippen molar-refractivity contribution < 1.29 is 4.79 Å². The third-order valence-corrected chi connectivity index (χ3v) is 1.93. The van der Waals surface area contributed by atoms with Crippen LogP contribution in [0, 0.1) is 0 Å². The van der Waals surface area contributed by atoms with Gasteiger partial charge in [0.15, 0.2) is 0 Å². The highest BCUT2D eigenvalue weighted by molar-refractivity contribution is 5.99. The van der Waals surface area contributed by atoms with E-state index in [0.717, 1.165) is 0 Å². The molecule has 1 amide bonds. The molecule has 0 aromatic heterocycles. The SMILES string of the molecule is C=Cc1c(N=C)cccc1C(=O)NC. The first-order valence-corrected chi connectivity index (χ1v) is 4.18. The lowest BCUT2D eigenvalue weighted by Crippen LogP contribution is -2.18. The molecule has 0 bridgehead atoms. The van der Waals surface area contributed by atoms with Crippen molar-refractivity contribution in [3.05, 3.63) is 35.9 Å². The van der Waals surface area contributed by atoms with E-state index in [-0.39, 0.29) is 5.91 Å². The van der Waals surface area contributed by atoms with E-state index >= 15 is 0 Å². The van der Waals surface area contributed by atoms with Crippen molar-refractivity contribution >= 4 is 24.4 Å². The molecule has 1 rings (SSSR count). The Hall–Kier alpha value is -1.90. The van der Waals surface area contributed by atoms with Crippen molar-refractivity contribution in [3.8, 4) is 0 Å². The molecule has 0 fully saturated rings. The van der Waals surface area contributed by atoms with Gasteiger partial charge in [-0.2, -0.15) is 0 Å². The fourth-order valence-corrected chi connectivity index (χ4v) is 1.24. The maximum Gasteiger partial charge on any atom is 0.251 e. The molecule has 0 saturated carbocycles. The molecule has 1 N–H and O–H groups in total. The monoisotopic (exact) mass is 188 g/mol. The van der Waals surface area contributed by atoms with Crippen LogP contribution in [-0.4, -0.2) is 19.7 Å². The Morgan fingerprint density at radius 3 is 2.79 bits per heavy atom. The number of carbonyl (C=O) groups excluding carboxylic acids is 1. The molecular weight excluding hydrogens is 176 g/mol. The topological polar surface area (TPSA) is 41.5 Å². The van der Waals surface area contributed by atoms with E-state index in [2.05, 4.69) is 23.6 Å². The minimum absolute atomic E-state index is 0.148. The van der Waals surface area contributed by atoms with Crippen LogP contribution in [0.4, 0.5) is 5.69 Å². The number of nitrogens with one attached hydrogen (secondary N) is 1. The second-order valence-electron chi connectivity index (χ2n) is 2.68. The summed E-state index contributed by atoms with van der Waals surface area (Å²) in [6, 6.07) is 5.28. The van der Waals surface area contributed by atoms with Gasteiger partial charge in [-0.25, -0.2) is 0 Å². The van der Waals surface area contributed by atoms with E-state index in [1.807, 2.05) is 0 Å². The zero-order valence-corrected chi connectivity index (χ0v) is 8.08. The summed E-state index contributed by atoms with van der Waals surface area (Å²) in [7, 11) is 1.59. The Bertz CT molecular complexity index is 383. The highest BCUT2D eigenvalue weighted by Crippen LogP contribution is 2.23. The standard InChI is InChI=1S/C11H12N2O/c1-4-8-9(11(14)13-3)6-5-7-10(8)12-2/h4-7H,1-2H2,3H3,(H,13,14). The zero-order chi connectivity index (χ0) is 10.6. The van der Waals surface area contributed by atoms with Crippen molar-refractivity contribution in [1.29, 1.82) is 0 Å². The average Bonchev–Trinajstić information content (AvgIpc) is 2.26. The maximum absolute atomic E-state index is 11.4. The van der Waals surface area contributed by atoms with Crippen LogP contribution in [0.5, 0.6) is 0 Å². The van der Waals surface area contributed by atoms with Crippen molar-refractivity contribution in [2.24, 2.45) is 4.99 Å². The largest absolute Gasteiger partial charge is 0.355 e. The molecule has 0 saturated heterocycles. The van der Waals surface area contributed by atoms with Crippen LogP contribution in [0.15, 0.2) is 29.8 Å². The molecule has 0 spiro atoms. The second kappa shape index (κ2) is 4.37. The number of amides is 1. The lowest BCUT2D eigenvalue weighted by molar-refractivity contribution is 0.0963. The van der Waals surface area contributed by atoms with E-state index in [0.29, 0.717) is 16.8 Å². The quantitative estimate of drug-likeness (QED) is 0.724. The highest BCUT2D eigenvalue weighted by atomic mass is 16.1. The van der Waals surface area contributed by atoms with Gasteiger partial charge in [0.2, 0.25) is 0 Å². The van der Waals surface area contributed by atoms with Gasteiger partial charge in [-0.15, -0.1) is 0 Å². The van der Waals surface area contributed by atoms with Crippen molar-refractivity contribution in [3.63, 3.8) is 0 Å². The van der Waals surface area contributed by atoms with Crippen molar-refractivity contribution in [2.45, 2.75) is 0 Å². The minimum atomic E-state index is -0.148. The van der Waals surface area contributed by atoms with Gasteiger partial charge in [0.25, 0.3) is 5.91 Å². The van der Waals surface area contributed by atoms with E-state index in [1.54, 1.807) is 31.3 Å². The second-order valence-corrected chi connectivity index (χ2v) is 2.68. The molecule has 0 radical (unpaired) electrons. The molecule has 3 nitrogen and oxygen atoms in total. The fourth-order valence-electron chi connectivity index (χ4n) is 1.24. The summed E-state index contributed by atoms with van der Waals surface area (Å²) in [5.74, 6) is -0.148. The van der Waals surface area contributed by atoms with Gasteiger partial charge >= 0.3 is 0 Å². The third kappa shape index (κ3) is 1.71. The Kier molecular flexibility index (Phi) is 3.18. The maximum atomic E-state index is 11.4. The molecule has 3 heteroatoms. The van der Waals surface area contributed by atoms with Crippen LogP contribution in [-0.2, 0) is 0 Å². The van der Waals surface area contributed by atoms with Crippen LogP contribution >= 0.6 is 0 Å². The van der Waals surface area contributed by atoms with Crippen molar-refractivity contribution in [1.82, 2.24) is 5.32 Å². The van der Waals surface area contributed by atoms with Gasteiger partial charge in [0.1, 0.15) is 0 Å². The molecule has 0 aliphatic rings. The predicted octanol–water partition coefficient (Wildman–Crippen LogP) is 2.02. The molecule has 0 aliphatic carbocycles. The highest BCUT2D eigenvalue weighted by Gasteiger charge is 2.09. The number of nitrogens with zero attached hydrogens (tertiary/aromatic N) is 1. The van der Waals surface area contributed by atoms with E-state index in [9.17, 15) is 4.79 Å². The summed E-state index contributed by atoms with van der Waals surface area (Å²) >= 11 is 0. The normalized spacial score (nSPS) is 9.21. The Morgan fingerprint density at radius 1 is 1.57 bits per heavy atom. The zero-order valence-electron chi connectivity index (χ0n) is 8.08. The molecule has 0 heterocycles. The van der Waals surface area contributed by atoms with E-state index in [1.165, 1.54) is 0 Å². The summed E-state index contributed by atoms with van der Waals surface area (Å²) in [5, 5.41) is 2.56. The molecule has 0 unspecified atom stereocenters. The van der Waals surface area contributed by atoms with Gasteiger partial charge in [-0.3, -0.25) is 9.79 Å². The van der Waals surface area contributed by atoms with Gasteiger partial charge in [0, 0.05) is 18.2 Å². The van der Waals surface area contributed by atoms with Gasteiger partial charge in [-0.1, -0.05) is 18.7 Å². The lowest BCUT2D eigenvalue weighted by atomic mass is 10.0. The number of hydrogen-bond acceptors (Lipinski definition) is 2. The summed E-state index contributed by atoms with van der Waals surface area (Å²) in [4.78, 5) is 15.3. The van der Waals surface area contributed by atoms with Gasteiger partial charge in [0.05, 0.1) is 5.69 Å². The Balaban J connectivity index is 3.35. The smallest absolute Gasteiger partial charge is 0.251 e. The van der Waals surface area contributed by atoms with E-state index in [4.69, 9.17) is 0 Å².